The van der Waals surface area contributed by atoms with Crippen LogP contribution in [0.4, 0.5) is 0 Å². The molecule has 0 saturated carbocycles. The molecule has 0 spiro atoms. The van der Waals surface area contributed by atoms with Crippen molar-refractivity contribution in [1.29, 1.82) is 0 Å². The number of terminal acetylenes is 1. The number of nitrogens with one attached hydrogen (secondary N) is 1. The minimum Gasteiger partial charge on any atom is -0.481 e. The first kappa shape index (κ1) is 13.3. The van der Waals surface area contributed by atoms with Gasteiger partial charge in [-0.15, -0.1) is 6.42 Å². The Bertz CT molecular complexity index is 407. The van der Waals surface area contributed by atoms with Gasteiger partial charge in [-0.3, -0.25) is 0 Å². The zero-order valence-corrected chi connectivity index (χ0v) is 11.3. The summed E-state index contributed by atoms with van der Waals surface area (Å²) >= 11 is 2.08. The summed E-state index contributed by atoms with van der Waals surface area (Å²) in [6.07, 6.45) is 7.92. The summed E-state index contributed by atoms with van der Waals surface area (Å²) in [5.41, 5.74) is 1.18. The van der Waals surface area contributed by atoms with E-state index in [1.165, 1.54) is 24.2 Å². The van der Waals surface area contributed by atoms with E-state index in [2.05, 4.69) is 29.1 Å². The van der Waals surface area contributed by atoms with Crippen molar-refractivity contribution in [3.63, 3.8) is 0 Å². The van der Waals surface area contributed by atoms with Gasteiger partial charge in [-0.1, -0.05) is 24.1 Å². The molecule has 1 aliphatic rings. The average Bonchev–Trinajstić information content (AvgIpc) is 2.91. The monoisotopic (exact) mass is 261 g/mol. The molecule has 1 aromatic rings. The molecule has 18 heavy (non-hydrogen) atoms. The van der Waals surface area contributed by atoms with Crippen LogP contribution >= 0.6 is 11.8 Å². The fraction of sp³-hybridized carbons (Fsp3) is 0.467. The molecular weight excluding hydrogens is 242 g/mol. The molecule has 2 nitrogen and oxygen atoms in total. The lowest BCUT2D eigenvalue weighted by molar-refractivity contribution is 0.365. The van der Waals surface area contributed by atoms with Crippen LogP contribution in [0.1, 0.15) is 18.4 Å². The third kappa shape index (κ3) is 3.97. The van der Waals surface area contributed by atoms with Crippen LogP contribution in [0.5, 0.6) is 5.75 Å². The molecule has 0 radical (unpaired) electrons. The van der Waals surface area contributed by atoms with Gasteiger partial charge in [0.2, 0.25) is 0 Å². The molecule has 1 saturated heterocycles. The maximum atomic E-state index is 5.53. The summed E-state index contributed by atoms with van der Waals surface area (Å²) in [7, 11) is 0. The van der Waals surface area contributed by atoms with Crippen molar-refractivity contribution in [3.8, 4) is 18.1 Å². The number of ether oxygens (including phenoxy) is 1. The highest BCUT2D eigenvalue weighted by molar-refractivity contribution is 8.00. The standard InChI is InChI=1S/C15H19NOS/c1-2-9-17-15-8-4-3-6-13(15)11-16-12-14-7-5-10-18-14/h1,3-4,6,8,14,16H,5,7,9-12H2. The van der Waals surface area contributed by atoms with Gasteiger partial charge in [-0.05, 0) is 24.7 Å². The Balaban J connectivity index is 1.82. The van der Waals surface area contributed by atoms with Gasteiger partial charge in [0, 0.05) is 23.9 Å². The van der Waals surface area contributed by atoms with Crippen molar-refractivity contribution in [2.24, 2.45) is 0 Å². The van der Waals surface area contributed by atoms with Gasteiger partial charge in [0.15, 0.2) is 0 Å². The number of benzene rings is 1. The Labute approximate surface area is 113 Å². The van der Waals surface area contributed by atoms with Gasteiger partial charge in [0.25, 0.3) is 0 Å². The SMILES string of the molecule is C#CCOc1ccccc1CNCC1CCCS1. The molecule has 1 atom stereocenters. The molecular formula is C15H19NOS. The maximum absolute atomic E-state index is 5.53. The predicted octanol–water partition coefficient (Wildman–Crippen LogP) is 2.68. The van der Waals surface area contributed by atoms with Crippen molar-refractivity contribution >= 4 is 11.8 Å². The molecule has 96 valence electrons. The van der Waals surface area contributed by atoms with Gasteiger partial charge in [-0.2, -0.15) is 11.8 Å². The van der Waals surface area contributed by atoms with Crippen molar-refractivity contribution in [3.05, 3.63) is 29.8 Å². The third-order valence-corrected chi connectivity index (χ3v) is 4.39. The highest BCUT2D eigenvalue weighted by Gasteiger charge is 2.14. The van der Waals surface area contributed by atoms with E-state index >= 15 is 0 Å². The van der Waals surface area contributed by atoms with E-state index in [-0.39, 0.29) is 0 Å². The van der Waals surface area contributed by atoms with Crippen LogP contribution in [0.15, 0.2) is 24.3 Å². The number of hydrogen-bond acceptors (Lipinski definition) is 3. The van der Waals surface area contributed by atoms with E-state index in [0.717, 1.165) is 24.1 Å². The Kier molecular flexibility index (Phi) is 5.44. The fourth-order valence-electron chi connectivity index (χ4n) is 2.08. The molecule has 1 unspecified atom stereocenters. The van der Waals surface area contributed by atoms with E-state index in [0.29, 0.717) is 6.61 Å². The van der Waals surface area contributed by atoms with E-state index in [4.69, 9.17) is 11.2 Å². The molecule has 1 fully saturated rings. The normalized spacial score (nSPS) is 18.5. The third-order valence-electron chi connectivity index (χ3n) is 3.00. The summed E-state index contributed by atoms with van der Waals surface area (Å²) in [5, 5.41) is 4.29. The minimum atomic E-state index is 0.329. The lowest BCUT2D eigenvalue weighted by Crippen LogP contribution is -2.22. The first-order chi connectivity index (χ1) is 8.90. The van der Waals surface area contributed by atoms with E-state index in [1.807, 2.05) is 18.2 Å². The molecule has 0 amide bonds. The highest BCUT2D eigenvalue weighted by Crippen LogP contribution is 2.25. The molecule has 1 aliphatic heterocycles. The van der Waals surface area contributed by atoms with Crippen LogP contribution in [-0.4, -0.2) is 24.2 Å². The van der Waals surface area contributed by atoms with Gasteiger partial charge in [0.05, 0.1) is 0 Å². The Hall–Kier alpha value is -1.11. The Morgan fingerprint density at radius 1 is 1.44 bits per heavy atom. The minimum absolute atomic E-state index is 0.329. The Morgan fingerprint density at radius 3 is 3.11 bits per heavy atom. The van der Waals surface area contributed by atoms with Crippen LogP contribution in [0, 0.1) is 12.3 Å². The molecule has 1 N–H and O–H groups in total. The topological polar surface area (TPSA) is 21.3 Å². The summed E-state index contributed by atoms with van der Waals surface area (Å²) in [5.74, 6) is 4.70. The second-order valence-corrected chi connectivity index (χ2v) is 5.77. The smallest absolute Gasteiger partial charge is 0.148 e. The lowest BCUT2D eigenvalue weighted by atomic mass is 10.2. The zero-order valence-electron chi connectivity index (χ0n) is 10.5. The van der Waals surface area contributed by atoms with Crippen LogP contribution in [0.3, 0.4) is 0 Å². The number of thioether (sulfide) groups is 1. The average molecular weight is 261 g/mol. The molecule has 0 bridgehead atoms. The second-order valence-electron chi connectivity index (χ2n) is 4.37. The molecule has 2 rings (SSSR count). The van der Waals surface area contributed by atoms with Crippen LogP contribution in [0.2, 0.25) is 0 Å². The maximum Gasteiger partial charge on any atom is 0.148 e. The van der Waals surface area contributed by atoms with Crippen LogP contribution in [0.25, 0.3) is 0 Å². The van der Waals surface area contributed by atoms with Crippen molar-refractivity contribution in [1.82, 2.24) is 5.32 Å². The summed E-state index contributed by atoms with van der Waals surface area (Å²) in [4.78, 5) is 0. The van der Waals surface area contributed by atoms with E-state index in [1.54, 1.807) is 0 Å². The largest absolute Gasteiger partial charge is 0.481 e. The zero-order chi connectivity index (χ0) is 12.6. The van der Waals surface area contributed by atoms with Crippen LogP contribution in [-0.2, 0) is 6.54 Å². The molecule has 1 heterocycles. The Morgan fingerprint density at radius 2 is 2.33 bits per heavy atom. The van der Waals surface area contributed by atoms with Crippen molar-refractivity contribution in [2.75, 3.05) is 18.9 Å². The first-order valence-corrected chi connectivity index (χ1v) is 7.41. The molecule has 3 heteroatoms. The summed E-state index contributed by atoms with van der Waals surface area (Å²) in [6, 6.07) is 8.06. The number of para-hydroxylation sites is 1. The predicted molar refractivity (Wildman–Crippen MR) is 78.0 cm³/mol. The van der Waals surface area contributed by atoms with E-state index in [9.17, 15) is 0 Å². The molecule has 0 aromatic heterocycles. The lowest BCUT2D eigenvalue weighted by Gasteiger charge is -2.12. The summed E-state index contributed by atoms with van der Waals surface area (Å²) < 4.78 is 5.53. The molecule has 0 aliphatic carbocycles. The molecule has 1 aromatic carbocycles. The summed E-state index contributed by atoms with van der Waals surface area (Å²) in [6.45, 7) is 2.25. The number of hydrogen-bond donors (Lipinski definition) is 1. The fourth-order valence-corrected chi connectivity index (χ4v) is 3.32. The highest BCUT2D eigenvalue weighted by atomic mass is 32.2. The van der Waals surface area contributed by atoms with Gasteiger partial charge >= 0.3 is 0 Å². The van der Waals surface area contributed by atoms with E-state index < -0.39 is 0 Å². The van der Waals surface area contributed by atoms with Gasteiger partial charge in [0.1, 0.15) is 12.4 Å². The van der Waals surface area contributed by atoms with Crippen molar-refractivity contribution in [2.45, 2.75) is 24.6 Å². The van der Waals surface area contributed by atoms with Crippen molar-refractivity contribution < 1.29 is 4.74 Å². The number of rotatable bonds is 6. The van der Waals surface area contributed by atoms with Crippen LogP contribution < -0.4 is 10.1 Å². The second kappa shape index (κ2) is 7.35. The first-order valence-electron chi connectivity index (χ1n) is 6.36. The quantitative estimate of drug-likeness (QED) is 0.796. The van der Waals surface area contributed by atoms with Gasteiger partial charge in [-0.25, -0.2) is 0 Å². The van der Waals surface area contributed by atoms with Gasteiger partial charge < -0.3 is 10.1 Å².